The zero-order valence-corrected chi connectivity index (χ0v) is 53.1. The maximum absolute atomic E-state index is 15.5. The monoisotopic (exact) mass is 1300 g/mol. The summed E-state index contributed by atoms with van der Waals surface area (Å²) in [7, 11) is 12.5. The topological polar surface area (TPSA) is 327 Å². The fourth-order valence-corrected chi connectivity index (χ4v) is 13.8. The van der Waals surface area contributed by atoms with Crippen molar-refractivity contribution in [2.45, 2.75) is 155 Å². The van der Waals surface area contributed by atoms with E-state index in [4.69, 9.17) is 66.4 Å². The fourth-order valence-electron chi connectivity index (χ4n) is 10.5. The lowest BCUT2D eigenvalue weighted by molar-refractivity contribution is -0.336. The molecule has 8 N–H and O–H groups in total. The predicted molar refractivity (Wildman–Crippen MR) is 321 cm³/mol. The van der Waals surface area contributed by atoms with Crippen LogP contribution in [-0.2, 0) is 66.5 Å². The van der Waals surface area contributed by atoms with Crippen molar-refractivity contribution < 1.29 is 106 Å². The molecule has 480 valence electrons. The summed E-state index contributed by atoms with van der Waals surface area (Å²) in [6.45, 7) is 8.65. The summed E-state index contributed by atoms with van der Waals surface area (Å²) in [5.74, 6) is 8.68. The van der Waals surface area contributed by atoms with E-state index in [0.717, 1.165) is 7.11 Å². The first-order valence-corrected chi connectivity index (χ1v) is 32.9. The molecule has 30 heteroatoms. The van der Waals surface area contributed by atoms with Gasteiger partial charge in [-0.15, -0.1) is 0 Å². The molecule has 2 amide bonds. The molecule has 2 aliphatic carbocycles. The molecule has 87 heavy (non-hydrogen) atoms. The molecule has 0 spiro atoms. The minimum atomic E-state index is -2.63. The van der Waals surface area contributed by atoms with Gasteiger partial charge in [0.15, 0.2) is 60.2 Å². The van der Waals surface area contributed by atoms with Crippen molar-refractivity contribution in [1.82, 2.24) is 16.1 Å². The number of amides is 2. The zero-order chi connectivity index (χ0) is 63.3. The number of aliphatic hydroxyl groups is 4. The second-order valence-corrected chi connectivity index (χ2v) is 25.8. The quantitative estimate of drug-likeness (QED) is 0.0140. The third-order valence-corrected chi connectivity index (χ3v) is 20.0. The first-order valence-electron chi connectivity index (χ1n) is 27.5. The number of Topliss-reactive ketones (excluding diaryl/α,β-unsaturated/α-hetero) is 1. The van der Waals surface area contributed by atoms with Gasteiger partial charge in [-0.25, -0.2) is 9.59 Å². The Labute approximate surface area is 520 Å². The van der Waals surface area contributed by atoms with Crippen molar-refractivity contribution in [3.05, 3.63) is 65.1 Å². The maximum Gasteiger partial charge on any atom is 0.411 e. The molecule has 0 aromatic heterocycles. The zero-order valence-electron chi connectivity index (χ0n) is 49.8. The highest BCUT2D eigenvalue weighted by Crippen LogP contribution is 2.44. The van der Waals surface area contributed by atoms with Gasteiger partial charge in [-0.05, 0) is 62.3 Å². The molecular weight excluding hydrogens is 1220 g/mol. The molecule has 26 nitrogen and oxygen atoms in total. The number of ether oxygens (including phenoxy) is 13. The van der Waals surface area contributed by atoms with E-state index in [-0.39, 0.29) is 82.3 Å². The first kappa shape index (κ1) is 69.8. The van der Waals surface area contributed by atoms with Gasteiger partial charge in [0.25, 0.3) is 5.91 Å². The normalized spacial score (nSPS) is 34.9. The average Bonchev–Trinajstić information content (AvgIpc) is 0.873. The van der Waals surface area contributed by atoms with Crippen LogP contribution in [0.4, 0.5) is 10.5 Å². The molecule has 0 radical (unpaired) electrons. The van der Waals surface area contributed by atoms with Crippen LogP contribution in [0, 0.1) is 23.7 Å². The van der Waals surface area contributed by atoms with Gasteiger partial charge in [0, 0.05) is 55.4 Å². The Bertz CT molecular complexity index is 2820. The van der Waals surface area contributed by atoms with Crippen LogP contribution >= 0.6 is 43.2 Å². The minimum Gasteiger partial charge on any atom is -0.493 e. The Morgan fingerprint density at radius 3 is 2.22 bits per heavy atom. The summed E-state index contributed by atoms with van der Waals surface area (Å²) >= 11 is 1.47. The summed E-state index contributed by atoms with van der Waals surface area (Å²) in [6, 6.07) is 1.34. The number of fused-ring (bicyclic) bond motifs is 2. The van der Waals surface area contributed by atoms with E-state index in [1.165, 1.54) is 95.7 Å². The van der Waals surface area contributed by atoms with E-state index in [0.29, 0.717) is 0 Å². The van der Waals surface area contributed by atoms with Gasteiger partial charge in [0.1, 0.15) is 18.3 Å². The Morgan fingerprint density at radius 1 is 0.851 bits per heavy atom. The average molecular weight is 1300 g/mol. The number of hydrogen-bond acceptors (Lipinski definition) is 28. The summed E-state index contributed by atoms with van der Waals surface area (Å²) in [4.78, 5) is 61.9. The fraction of sp³-hybridized carbons (Fsp3) is 0.614. The number of esters is 1. The number of alkyl carbamates (subject to hydrolysis) is 1. The number of carbonyl (C=O) groups is 4. The van der Waals surface area contributed by atoms with Crippen molar-refractivity contribution in [2.24, 2.45) is 0 Å². The largest absolute Gasteiger partial charge is 0.493 e. The van der Waals surface area contributed by atoms with E-state index < -0.39 is 134 Å². The van der Waals surface area contributed by atoms with Crippen molar-refractivity contribution in [3.63, 3.8) is 0 Å². The smallest absolute Gasteiger partial charge is 0.411 e. The van der Waals surface area contributed by atoms with Gasteiger partial charge in [0.2, 0.25) is 5.78 Å². The lowest BCUT2D eigenvalue weighted by Gasteiger charge is -2.47. The SMILES string of the molecule is C=C(OC)C(=O)Nc1cc(OC)c(OC)cc1C(=O)O[C@H]1[C@@H](O)C[C@@H](O[C@H]2C(=O)C(NC(=O)OC)=C3/C(=C\CSSSC)[C@]2(O)C#C/C=C\C#C[C@@H]3O[C@@H]2O[C@@H](C)[C@@H](NO[C@H]3C[C@H](O)[C@H](SC)[C@@H](C)O3)[C@@H](O)[C@@H]2O[C@H]2C[C@H](OC)[C@@H](NC)CO2)O[C@@H]1C. The van der Waals surface area contributed by atoms with Crippen molar-refractivity contribution >= 4 is 72.6 Å². The molecule has 1 aromatic rings. The maximum atomic E-state index is 15.5. The van der Waals surface area contributed by atoms with Gasteiger partial charge in [-0.1, -0.05) is 57.9 Å². The van der Waals surface area contributed by atoms with Crippen LogP contribution in [-0.4, -0.2) is 227 Å². The van der Waals surface area contributed by atoms with E-state index in [2.05, 4.69) is 51.7 Å². The number of anilines is 1. The first-order chi connectivity index (χ1) is 41.7. The van der Waals surface area contributed by atoms with Crippen molar-refractivity contribution in [1.29, 1.82) is 0 Å². The molecule has 6 aliphatic rings. The number of nitrogens with one attached hydrogen (secondary N) is 4. The minimum absolute atomic E-state index is 0.0771. The third kappa shape index (κ3) is 16.7. The van der Waals surface area contributed by atoms with Crippen molar-refractivity contribution in [2.75, 3.05) is 72.8 Å². The van der Waals surface area contributed by atoms with Gasteiger partial charge in [-0.3, -0.25) is 19.7 Å². The number of methoxy groups -OCH3 is 5. The standard InChI is InChI=1S/C57H76N4O22S4/c1-27-45(61-83-43-24-36(63)51(84-11)29(3)77-43)47(64)50(80-41-25-38(71-7)34(58-5)26-75-41)55(78-27)79-37-17-15-13-14-16-19-57(69)32(18-20-86-87-85-12)44(37)46(60-56(68)74-10)48(65)52(57)81-42-23-35(62)49(28(2)76-42)82-54(67)31-21-39(72-8)40(73-9)22-33(31)59-53(66)30(4)70-6/h13-14,18,21-22,27-29,34-38,41-43,45,47,49-52,55,58,61-64,69H,4,20,23-26H2,1-3,5-12H3,(H,59,66)(H,60,68)/b14-13-,32-18+/t27-,28+,29+,34-,35-,36-,37-,38-,41-,42+,43-,45+,47+,49+,50-,51+,52-,55-,57+/m0/s1. The molecule has 1 aromatic carbocycles. The molecule has 4 heterocycles. The molecule has 4 aliphatic heterocycles. The number of rotatable bonds is 24. The molecule has 4 fully saturated rings. The Balaban J connectivity index is 1.23. The highest BCUT2D eigenvalue weighted by Gasteiger charge is 2.57. The molecule has 4 saturated heterocycles. The van der Waals surface area contributed by atoms with Gasteiger partial charge in [0.05, 0.1) is 106 Å². The molecule has 0 saturated carbocycles. The Morgan fingerprint density at radius 2 is 1.56 bits per heavy atom. The van der Waals surface area contributed by atoms with Crippen LogP contribution in [0.3, 0.4) is 0 Å². The van der Waals surface area contributed by atoms with Gasteiger partial charge in [-0.2, -0.15) is 17.2 Å². The molecule has 19 atom stereocenters. The number of allylic oxidation sites excluding steroid dienone is 2. The van der Waals surface area contributed by atoms with Crippen LogP contribution in [0.2, 0.25) is 0 Å². The predicted octanol–water partition coefficient (Wildman–Crippen LogP) is 2.64. The van der Waals surface area contributed by atoms with Crippen LogP contribution in [0.15, 0.2) is 59.5 Å². The van der Waals surface area contributed by atoms with Gasteiger partial charge < -0.3 is 92.6 Å². The number of thioether (sulfide) groups is 1. The second kappa shape index (κ2) is 32.4. The van der Waals surface area contributed by atoms with Crippen LogP contribution in [0.5, 0.6) is 11.5 Å². The lowest BCUT2D eigenvalue weighted by atomic mass is 9.73. The number of aliphatic hydroxyl groups excluding tert-OH is 3. The summed E-state index contributed by atoms with van der Waals surface area (Å²) in [5, 5.41) is 56.5. The molecular formula is C57H76N4O22S4. The molecule has 0 unspecified atom stereocenters. The third-order valence-electron chi connectivity index (χ3n) is 15.0. The summed E-state index contributed by atoms with van der Waals surface area (Å²) < 4.78 is 77.4. The summed E-state index contributed by atoms with van der Waals surface area (Å²) in [6.07, 6.45) is -11.6. The van der Waals surface area contributed by atoms with Gasteiger partial charge >= 0.3 is 12.1 Å². The lowest BCUT2D eigenvalue weighted by Crippen LogP contribution is -2.65. The van der Waals surface area contributed by atoms with Crippen LogP contribution in [0.1, 0.15) is 50.4 Å². The number of carbonyl (C=O) groups excluding carboxylic acids is 4. The summed E-state index contributed by atoms with van der Waals surface area (Å²) in [5.41, 5.74) is -0.858. The van der Waals surface area contributed by atoms with E-state index in [1.54, 1.807) is 27.2 Å². The van der Waals surface area contributed by atoms with E-state index >= 15 is 4.79 Å². The number of benzene rings is 1. The molecule has 2 bridgehead atoms. The molecule has 7 rings (SSSR count). The Kier molecular flexibility index (Phi) is 26.0. The van der Waals surface area contributed by atoms with E-state index in [9.17, 15) is 34.8 Å². The van der Waals surface area contributed by atoms with Crippen LogP contribution in [0.25, 0.3) is 0 Å². The number of hydroxylamine groups is 1. The number of likely N-dealkylation sites (N-methyl/N-ethyl adjacent to an activating group) is 1. The van der Waals surface area contributed by atoms with Crippen molar-refractivity contribution in [3.8, 4) is 35.2 Å². The number of ketones is 1. The number of hydrogen-bond donors (Lipinski definition) is 8. The van der Waals surface area contributed by atoms with Crippen LogP contribution < -0.4 is 30.9 Å². The highest BCUT2D eigenvalue weighted by atomic mass is 33.5. The van der Waals surface area contributed by atoms with E-state index in [1.807, 2.05) is 19.4 Å². The second-order valence-electron chi connectivity index (χ2n) is 20.4. The highest BCUT2D eigenvalue weighted by molar-refractivity contribution is 9.09. The Hall–Kier alpha value is -4.62.